The van der Waals surface area contributed by atoms with Crippen LogP contribution in [0.15, 0.2) is 24.3 Å². The van der Waals surface area contributed by atoms with E-state index in [1.54, 1.807) is 0 Å². The lowest BCUT2D eigenvalue weighted by Crippen LogP contribution is -2.41. The highest BCUT2D eigenvalue weighted by Gasteiger charge is 2.40. The van der Waals surface area contributed by atoms with E-state index in [0.717, 1.165) is 25.7 Å². The lowest BCUT2D eigenvalue weighted by Gasteiger charge is -2.39. The first-order valence-electron chi connectivity index (χ1n) is 9.79. The molecular weight excluding hydrogens is 296 g/mol. The normalized spacial score (nSPS) is 28.0. The Hall–Kier alpha value is -0.900. The van der Waals surface area contributed by atoms with Gasteiger partial charge in [0.25, 0.3) is 0 Å². The molecule has 1 atom stereocenters. The van der Waals surface area contributed by atoms with Crippen LogP contribution in [-0.4, -0.2) is 55.7 Å². The molecule has 3 nitrogen and oxygen atoms in total. The molecule has 1 unspecified atom stereocenters. The highest BCUT2D eigenvalue weighted by molar-refractivity contribution is 5.21. The Balaban J connectivity index is 1.25. The summed E-state index contributed by atoms with van der Waals surface area (Å²) in [5.41, 5.74) is 3.43. The van der Waals surface area contributed by atoms with Gasteiger partial charge in [0.1, 0.15) is 0 Å². The molecule has 3 aliphatic heterocycles. The number of likely N-dealkylation sites (tertiary alicyclic amines) is 2. The van der Waals surface area contributed by atoms with Crippen LogP contribution in [0, 0.1) is 18.3 Å². The van der Waals surface area contributed by atoms with Gasteiger partial charge in [-0.3, -0.25) is 4.90 Å². The van der Waals surface area contributed by atoms with Crippen LogP contribution in [0.25, 0.3) is 0 Å². The van der Waals surface area contributed by atoms with Crippen molar-refractivity contribution in [3.05, 3.63) is 35.4 Å². The Morgan fingerprint density at radius 3 is 2.42 bits per heavy atom. The van der Waals surface area contributed by atoms with Crippen molar-refractivity contribution in [2.24, 2.45) is 11.3 Å². The van der Waals surface area contributed by atoms with Crippen LogP contribution in [0.5, 0.6) is 0 Å². The van der Waals surface area contributed by atoms with Crippen LogP contribution < -0.4 is 0 Å². The van der Waals surface area contributed by atoms with E-state index in [0.29, 0.717) is 5.41 Å². The van der Waals surface area contributed by atoms with Gasteiger partial charge < -0.3 is 9.64 Å². The molecule has 3 saturated heterocycles. The van der Waals surface area contributed by atoms with Gasteiger partial charge in [0, 0.05) is 26.2 Å². The summed E-state index contributed by atoms with van der Waals surface area (Å²) in [6, 6.07) is 9.06. The fraction of sp³-hybridized carbons (Fsp3) is 0.714. The molecule has 0 bridgehead atoms. The Bertz CT molecular complexity index is 527. The number of nitrogens with zero attached hydrogens (tertiary/aromatic N) is 2. The van der Waals surface area contributed by atoms with Crippen molar-refractivity contribution in [2.75, 3.05) is 45.9 Å². The van der Waals surface area contributed by atoms with Gasteiger partial charge in [-0.1, -0.05) is 29.8 Å². The molecule has 4 rings (SSSR count). The maximum absolute atomic E-state index is 5.55. The topological polar surface area (TPSA) is 15.7 Å². The van der Waals surface area contributed by atoms with Gasteiger partial charge in [0.15, 0.2) is 0 Å². The number of benzene rings is 1. The van der Waals surface area contributed by atoms with Crippen molar-refractivity contribution in [1.29, 1.82) is 0 Å². The predicted molar refractivity (Wildman–Crippen MR) is 98.1 cm³/mol. The van der Waals surface area contributed by atoms with Crippen LogP contribution in [0.4, 0.5) is 0 Å². The summed E-state index contributed by atoms with van der Waals surface area (Å²) < 4.78 is 5.55. The molecule has 0 saturated carbocycles. The summed E-state index contributed by atoms with van der Waals surface area (Å²) in [4.78, 5) is 5.39. The molecule has 0 radical (unpaired) electrons. The van der Waals surface area contributed by atoms with Crippen molar-refractivity contribution in [3.63, 3.8) is 0 Å². The maximum Gasteiger partial charge on any atom is 0.0507 e. The van der Waals surface area contributed by atoms with Gasteiger partial charge in [-0.15, -0.1) is 0 Å². The molecule has 1 aromatic rings. The minimum absolute atomic E-state index is 0.614. The zero-order valence-corrected chi connectivity index (χ0v) is 15.2. The lowest BCUT2D eigenvalue weighted by molar-refractivity contribution is 0.0994. The van der Waals surface area contributed by atoms with E-state index in [1.807, 2.05) is 0 Å². The minimum atomic E-state index is 0.614. The number of rotatable bonds is 4. The zero-order valence-electron chi connectivity index (χ0n) is 15.2. The summed E-state index contributed by atoms with van der Waals surface area (Å²) in [5.74, 6) is 0.793. The average molecular weight is 329 g/mol. The maximum atomic E-state index is 5.55. The van der Waals surface area contributed by atoms with Gasteiger partial charge >= 0.3 is 0 Å². The van der Waals surface area contributed by atoms with Crippen LogP contribution in [-0.2, 0) is 11.3 Å². The van der Waals surface area contributed by atoms with Gasteiger partial charge in [-0.2, -0.15) is 0 Å². The second-order valence-corrected chi connectivity index (χ2v) is 8.48. The molecule has 3 heteroatoms. The molecule has 0 aromatic heterocycles. The summed E-state index contributed by atoms with van der Waals surface area (Å²) in [7, 11) is 0. The number of aryl methyl sites for hydroxylation is 1. The quantitative estimate of drug-likeness (QED) is 0.843. The Labute approximate surface area is 147 Å². The van der Waals surface area contributed by atoms with Crippen molar-refractivity contribution in [3.8, 4) is 0 Å². The molecular formula is C21H32N2O. The lowest BCUT2D eigenvalue weighted by atomic mass is 9.77. The second kappa shape index (κ2) is 7.15. The SMILES string of the molecule is Cc1ccc(CN2CCC3(CC2)CCN(CC2CCOC2)C3)cc1. The monoisotopic (exact) mass is 328 g/mol. The van der Waals surface area contributed by atoms with E-state index in [1.165, 1.54) is 69.5 Å². The first-order chi connectivity index (χ1) is 11.7. The van der Waals surface area contributed by atoms with E-state index >= 15 is 0 Å². The molecule has 3 aliphatic rings. The smallest absolute Gasteiger partial charge is 0.0507 e. The molecule has 3 heterocycles. The van der Waals surface area contributed by atoms with E-state index in [2.05, 4.69) is 41.0 Å². The summed E-state index contributed by atoms with van der Waals surface area (Å²) in [5, 5.41) is 0. The Morgan fingerprint density at radius 2 is 1.75 bits per heavy atom. The summed E-state index contributed by atoms with van der Waals surface area (Å²) >= 11 is 0. The van der Waals surface area contributed by atoms with Crippen LogP contribution in [0.1, 0.15) is 36.8 Å². The van der Waals surface area contributed by atoms with Crippen LogP contribution in [0.3, 0.4) is 0 Å². The first kappa shape index (κ1) is 16.6. The van der Waals surface area contributed by atoms with Gasteiger partial charge in [0.2, 0.25) is 0 Å². The molecule has 0 aliphatic carbocycles. The highest BCUT2D eigenvalue weighted by atomic mass is 16.5. The third kappa shape index (κ3) is 3.84. The van der Waals surface area contributed by atoms with E-state index in [-0.39, 0.29) is 0 Å². The number of hydrogen-bond donors (Lipinski definition) is 0. The van der Waals surface area contributed by atoms with E-state index in [4.69, 9.17) is 4.74 Å². The number of ether oxygens (including phenoxy) is 1. The molecule has 0 N–H and O–H groups in total. The fourth-order valence-electron chi connectivity index (χ4n) is 4.82. The Kier molecular flexibility index (Phi) is 4.93. The largest absolute Gasteiger partial charge is 0.381 e. The number of hydrogen-bond acceptors (Lipinski definition) is 3. The standard InChI is InChI=1S/C21H32N2O/c1-18-2-4-19(5-3-18)14-22-10-7-21(8-11-22)9-12-23(17-21)15-20-6-13-24-16-20/h2-5,20H,6-17H2,1H3. The molecule has 0 amide bonds. The summed E-state index contributed by atoms with van der Waals surface area (Å²) in [6.45, 7) is 11.7. The van der Waals surface area contributed by atoms with Gasteiger partial charge in [-0.05, 0) is 69.1 Å². The predicted octanol–water partition coefficient (Wildman–Crippen LogP) is 3.32. The van der Waals surface area contributed by atoms with Crippen LogP contribution >= 0.6 is 0 Å². The molecule has 1 spiro atoms. The fourth-order valence-corrected chi connectivity index (χ4v) is 4.82. The van der Waals surface area contributed by atoms with Crippen molar-refractivity contribution < 1.29 is 4.74 Å². The minimum Gasteiger partial charge on any atom is -0.381 e. The first-order valence-corrected chi connectivity index (χ1v) is 9.79. The van der Waals surface area contributed by atoms with Gasteiger partial charge in [-0.25, -0.2) is 0 Å². The molecule has 132 valence electrons. The Morgan fingerprint density at radius 1 is 1.04 bits per heavy atom. The van der Waals surface area contributed by atoms with E-state index in [9.17, 15) is 0 Å². The van der Waals surface area contributed by atoms with E-state index < -0.39 is 0 Å². The average Bonchev–Trinajstić information content (AvgIpc) is 3.23. The third-order valence-corrected chi connectivity index (χ3v) is 6.50. The second-order valence-electron chi connectivity index (χ2n) is 8.48. The molecule has 24 heavy (non-hydrogen) atoms. The van der Waals surface area contributed by atoms with Crippen molar-refractivity contribution in [1.82, 2.24) is 9.80 Å². The molecule has 3 fully saturated rings. The van der Waals surface area contributed by atoms with Crippen molar-refractivity contribution >= 4 is 0 Å². The van der Waals surface area contributed by atoms with Gasteiger partial charge in [0.05, 0.1) is 6.61 Å². The number of piperidine rings is 1. The van der Waals surface area contributed by atoms with Crippen LogP contribution in [0.2, 0.25) is 0 Å². The summed E-state index contributed by atoms with van der Waals surface area (Å²) in [6.07, 6.45) is 5.46. The third-order valence-electron chi connectivity index (χ3n) is 6.50. The van der Waals surface area contributed by atoms with Crippen molar-refractivity contribution in [2.45, 2.75) is 39.2 Å². The highest BCUT2D eigenvalue weighted by Crippen LogP contribution is 2.41. The molecule has 1 aromatic carbocycles. The zero-order chi connectivity index (χ0) is 16.4.